The van der Waals surface area contributed by atoms with Gasteiger partial charge in [0, 0.05) is 22.1 Å². The monoisotopic (exact) mass is 335 g/mol. The van der Waals surface area contributed by atoms with Gasteiger partial charge in [-0.2, -0.15) is 0 Å². The Kier molecular flexibility index (Phi) is 4.37. The molecule has 1 heterocycles. The number of fused-ring (bicyclic) bond motifs is 1. The van der Waals surface area contributed by atoms with Crippen LogP contribution in [0.2, 0.25) is 0 Å². The fourth-order valence-electron chi connectivity index (χ4n) is 2.94. The Labute approximate surface area is 153 Å². The van der Waals surface area contributed by atoms with E-state index in [2.05, 4.69) is 24.0 Å². The molecule has 0 spiro atoms. The zero-order valence-electron chi connectivity index (χ0n) is 14.4. The Bertz CT molecular complexity index is 1120. The Morgan fingerprint density at radius 2 is 1.50 bits per heavy atom. The lowest BCUT2D eigenvalue weighted by Crippen LogP contribution is -1.94. The van der Waals surface area contributed by atoms with Crippen LogP contribution in [0.5, 0.6) is 5.88 Å². The molecule has 2 heteroatoms. The Hall–Kier alpha value is -3.57. The van der Waals surface area contributed by atoms with Gasteiger partial charge in [-0.15, -0.1) is 0 Å². The molecular weight excluding hydrogens is 318 g/mol. The van der Waals surface area contributed by atoms with Gasteiger partial charge < -0.3 is 4.74 Å². The third-order valence-corrected chi connectivity index (χ3v) is 4.22. The highest BCUT2D eigenvalue weighted by Crippen LogP contribution is 2.30. The van der Waals surface area contributed by atoms with Crippen LogP contribution in [-0.4, -0.2) is 12.1 Å². The molecule has 0 atom stereocenters. The van der Waals surface area contributed by atoms with E-state index in [9.17, 15) is 0 Å². The van der Waals surface area contributed by atoms with Gasteiger partial charge in [0.2, 0.25) is 5.88 Å². The highest BCUT2D eigenvalue weighted by atomic mass is 16.5. The van der Waals surface area contributed by atoms with Crippen LogP contribution >= 0.6 is 0 Å². The van der Waals surface area contributed by atoms with E-state index in [4.69, 9.17) is 9.72 Å². The first-order valence-corrected chi connectivity index (χ1v) is 8.45. The minimum absolute atomic E-state index is 0.629. The largest absolute Gasteiger partial charge is 0.481 e. The van der Waals surface area contributed by atoms with Crippen LogP contribution in [0.25, 0.3) is 22.0 Å². The van der Waals surface area contributed by atoms with Crippen molar-refractivity contribution >= 4 is 10.8 Å². The molecule has 0 bridgehead atoms. The fraction of sp³-hybridized carbons (Fsp3) is 0.0417. The molecule has 2 nitrogen and oxygen atoms in total. The first-order chi connectivity index (χ1) is 12.8. The van der Waals surface area contributed by atoms with E-state index in [1.165, 1.54) is 0 Å². The van der Waals surface area contributed by atoms with Crippen molar-refractivity contribution in [3.05, 3.63) is 96.1 Å². The van der Waals surface area contributed by atoms with Gasteiger partial charge in [0.05, 0.1) is 12.8 Å². The molecular formula is C24H17NO. The van der Waals surface area contributed by atoms with Gasteiger partial charge in [-0.25, -0.2) is 4.98 Å². The topological polar surface area (TPSA) is 22.1 Å². The molecule has 0 amide bonds. The second-order valence-electron chi connectivity index (χ2n) is 5.90. The summed E-state index contributed by atoms with van der Waals surface area (Å²) >= 11 is 0. The predicted octanol–water partition coefficient (Wildman–Crippen LogP) is 5.31. The maximum absolute atomic E-state index is 5.51. The van der Waals surface area contributed by atoms with Crippen molar-refractivity contribution in [2.24, 2.45) is 0 Å². The van der Waals surface area contributed by atoms with E-state index in [0.29, 0.717) is 5.88 Å². The minimum atomic E-state index is 0.629. The summed E-state index contributed by atoms with van der Waals surface area (Å²) in [6.07, 6.45) is 0. The van der Waals surface area contributed by atoms with Crippen molar-refractivity contribution in [1.29, 1.82) is 0 Å². The molecule has 0 aliphatic heterocycles. The van der Waals surface area contributed by atoms with Crippen molar-refractivity contribution in [2.75, 3.05) is 7.11 Å². The molecule has 0 unspecified atom stereocenters. The number of benzene rings is 3. The highest BCUT2D eigenvalue weighted by molar-refractivity contribution is 5.90. The quantitative estimate of drug-likeness (QED) is 0.463. The highest BCUT2D eigenvalue weighted by Gasteiger charge is 2.10. The number of hydrogen-bond donors (Lipinski definition) is 0. The number of ether oxygens (including phenoxy) is 1. The van der Waals surface area contributed by atoms with Crippen molar-refractivity contribution in [2.45, 2.75) is 0 Å². The number of hydrogen-bond acceptors (Lipinski definition) is 2. The third kappa shape index (κ3) is 3.16. The Balaban J connectivity index is 1.85. The summed E-state index contributed by atoms with van der Waals surface area (Å²) in [7, 11) is 1.65. The lowest BCUT2D eigenvalue weighted by atomic mass is 10.0. The van der Waals surface area contributed by atoms with Crippen LogP contribution in [0.15, 0.2) is 84.9 Å². The van der Waals surface area contributed by atoms with E-state index in [1.54, 1.807) is 7.11 Å². The first-order valence-electron chi connectivity index (χ1n) is 8.45. The van der Waals surface area contributed by atoms with E-state index < -0.39 is 0 Å². The number of aromatic nitrogens is 1. The van der Waals surface area contributed by atoms with Gasteiger partial charge in [0.1, 0.15) is 0 Å². The standard InChI is InChI=1S/C24H17NO/c1-26-24-22-14-8-6-12-20(22)17-23(25-24)21-13-7-5-11-19(21)16-15-18-9-3-2-4-10-18/h2-14,17H,1H3. The molecule has 26 heavy (non-hydrogen) atoms. The fourth-order valence-corrected chi connectivity index (χ4v) is 2.94. The molecule has 4 rings (SSSR count). The second-order valence-corrected chi connectivity index (χ2v) is 5.90. The molecule has 0 aliphatic rings. The maximum Gasteiger partial charge on any atom is 0.221 e. The minimum Gasteiger partial charge on any atom is -0.481 e. The van der Waals surface area contributed by atoms with Gasteiger partial charge in [0.25, 0.3) is 0 Å². The van der Waals surface area contributed by atoms with E-state index in [-0.39, 0.29) is 0 Å². The molecule has 4 aromatic rings. The zero-order valence-corrected chi connectivity index (χ0v) is 14.4. The summed E-state index contributed by atoms with van der Waals surface area (Å²) in [5, 5.41) is 2.10. The molecule has 0 saturated carbocycles. The Morgan fingerprint density at radius 3 is 2.35 bits per heavy atom. The smallest absolute Gasteiger partial charge is 0.221 e. The molecule has 1 aromatic heterocycles. The number of nitrogens with zero attached hydrogens (tertiary/aromatic N) is 1. The van der Waals surface area contributed by atoms with Crippen molar-refractivity contribution in [3.8, 4) is 29.0 Å². The summed E-state index contributed by atoms with van der Waals surface area (Å²) < 4.78 is 5.51. The van der Waals surface area contributed by atoms with Crippen LogP contribution in [0.4, 0.5) is 0 Å². The lowest BCUT2D eigenvalue weighted by molar-refractivity contribution is 0.404. The average molecular weight is 335 g/mol. The summed E-state index contributed by atoms with van der Waals surface area (Å²) in [4.78, 5) is 4.72. The first kappa shape index (κ1) is 15.9. The van der Waals surface area contributed by atoms with Crippen molar-refractivity contribution < 1.29 is 4.74 Å². The summed E-state index contributed by atoms with van der Waals surface area (Å²) in [6, 6.07) is 28.2. The molecule has 0 N–H and O–H groups in total. The zero-order chi connectivity index (χ0) is 17.8. The van der Waals surface area contributed by atoms with E-state index in [1.807, 2.05) is 72.8 Å². The van der Waals surface area contributed by atoms with E-state index >= 15 is 0 Å². The summed E-state index contributed by atoms with van der Waals surface area (Å²) in [5.74, 6) is 7.14. The van der Waals surface area contributed by atoms with Gasteiger partial charge in [-0.05, 0) is 35.7 Å². The Morgan fingerprint density at radius 1 is 0.769 bits per heavy atom. The molecule has 124 valence electrons. The second kappa shape index (κ2) is 7.13. The van der Waals surface area contributed by atoms with Gasteiger partial charge in [0.15, 0.2) is 0 Å². The van der Waals surface area contributed by atoms with Crippen LogP contribution < -0.4 is 4.74 Å². The van der Waals surface area contributed by atoms with Crippen LogP contribution in [-0.2, 0) is 0 Å². The van der Waals surface area contributed by atoms with Gasteiger partial charge >= 0.3 is 0 Å². The number of methoxy groups -OCH3 is 1. The van der Waals surface area contributed by atoms with Crippen LogP contribution in [0, 0.1) is 11.8 Å². The van der Waals surface area contributed by atoms with Gasteiger partial charge in [-0.3, -0.25) is 0 Å². The molecule has 0 radical (unpaired) electrons. The normalized spacial score (nSPS) is 10.2. The maximum atomic E-state index is 5.51. The third-order valence-electron chi connectivity index (χ3n) is 4.22. The number of rotatable bonds is 2. The molecule has 0 fully saturated rings. The number of pyridine rings is 1. The SMILES string of the molecule is COc1nc(-c2ccccc2C#Cc2ccccc2)cc2ccccc12. The predicted molar refractivity (Wildman–Crippen MR) is 106 cm³/mol. The van der Waals surface area contributed by atoms with Crippen LogP contribution in [0.1, 0.15) is 11.1 Å². The molecule has 0 aliphatic carbocycles. The molecule has 3 aromatic carbocycles. The average Bonchev–Trinajstić information content (AvgIpc) is 2.72. The van der Waals surface area contributed by atoms with Gasteiger partial charge in [-0.1, -0.05) is 66.4 Å². The van der Waals surface area contributed by atoms with Crippen molar-refractivity contribution in [1.82, 2.24) is 4.98 Å². The lowest BCUT2D eigenvalue weighted by Gasteiger charge is -2.09. The summed E-state index contributed by atoms with van der Waals surface area (Å²) in [5.41, 5.74) is 3.80. The van der Waals surface area contributed by atoms with Crippen molar-refractivity contribution in [3.63, 3.8) is 0 Å². The summed E-state index contributed by atoms with van der Waals surface area (Å²) in [6.45, 7) is 0. The van der Waals surface area contributed by atoms with E-state index in [0.717, 1.165) is 33.2 Å². The molecule has 0 saturated heterocycles. The van der Waals surface area contributed by atoms with Crippen LogP contribution in [0.3, 0.4) is 0 Å².